The Labute approximate surface area is 157 Å². The lowest BCUT2D eigenvalue weighted by molar-refractivity contribution is 0.102. The van der Waals surface area contributed by atoms with Crippen molar-refractivity contribution in [3.8, 4) is 0 Å². The van der Waals surface area contributed by atoms with Gasteiger partial charge in [-0.2, -0.15) is 0 Å². The molecule has 4 rings (SSSR count). The van der Waals surface area contributed by atoms with Gasteiger partial charge in [0.2, 0.25) is 0 Å². The highest BCUT2D eigenvalue weighted by Crippen LogP contribution is 2.29. The summed E-state index contributed by atoms with van der Waals surface area (Å²) in [7, 11) is 2.15. The lowest BCUT2D eigenvalue weighted by atomic mass is 9.89. The molecule has 2 N–H and O–H groups in total. The Morgan fingerprint density at radius 1 is 1.19 bits per heavy atom. The van der Waals surface area contributed by atoms with Gasteiger partial charge in [-0.3, -0.25) is 9.59 Å². The highest BCUT2D eigenvalue weighted by atomic mass is 16.1. The molecular formula is C21H22N4O2. The number of likely N-dealkylation sites (tertiary alicyclic amines) is 1. The van der Waals surface area contributed by atoms with Crippen molar-refractivity contribution >= 4 is 22.5 Å². The van der Waals surface area contributed by atoms with Gasteiger partial charge in [-0.05, 0) is 74.8 Å². The van der Waals surface area contributed by atoms with Crippen molar-refractivity contribution in [1.82, 2.24) is 14.9 Å². The molecule has 0 bridgehead atoms. The first-order chi connectivity index (χ1) is 13.1. The van der Waals surface area contributed by atoms with Crippen molar-refractivity contribution in [3.63, 3.8) is 0 Å². The van der Waals surface area contributed by atoms with Gasteiger partial charge in [-0.1, -0.05) is 12.1 Å². The number of hydrogen-bond acceptors (Lipinski definition) is 4. The molecule has 0 atom stereocenters. The Bertz CT molecular complexity index is 1040. The Balaban J connectivity index is 1.53. The predicted molar refractivity (Wildman–Crippen MR) is 106 cm³/mol. The van der Waals surface area contributed by atoms with Crippen molar-refractivity contribution in [3.05, 3.63) is 70.3 Å². The fraction of sp³-hybridized carbons (Fsp3) is 0.286. The smallest absolute Gasteiger partial charge is 0.258 e. The molecule has 2 heterocycles. The molecule has 27 heavy (non-hydrogen) atoms. The van der Waals surface area contributed by atoms with Gasteiger partial charge in [0.05, 0.1) is 17.2 Å². The van der Waals surface area contributed by atoms with Gasteiger partial charge < -0.3 is 15.2 Å². The molecule has 138 valence electrons. The normalized spacial score (nSPS) is 15.7. The summed E-state index contributed by atoms with van der Waals surface area (Å²) in [5, 5.41) is 3.43. The molecule has 1 amide bonds. The van der Waals surface area contributed by atoms with Crippen LogP contribution in [0.5, 0.6) is 0 Å². The summed E-state index contributed by atoms with van der Waals surface area (Å²) in [5.74, 6) is 0.328. The number of hydrogen-bond donors (Lipinski definition) is 2. The van der Waals surface area contributed by atoms with Crippen LogP contribution in [0.2, 0.25) is 0 Å². The lowest BCUT2D eigenvalue weighted by Gasteiger charge is -2.29. The summed E-state index contributed by atoms with van der Waals surface area (Å²) in [6.07, 6.45) is 3.62. The third-order valence-electron chi connectivity index (χ3n) is 5.24. The van der Waals surface area contributed by atoms with Gasteiger partial charge >= 0.3 is 0 Å². The minimum atomic E-state index is -0.210. The topological polar surface area (TPSA) is 78.1 Å². The minimum absolute atomic E-state index is 0.209. The first kappa shape index (κ1) is 17.4. The number of aromatic amines is 1. The van der Waals surface area contributed by atoms with E-state index in [2.05, 4.69) is 39.4 Å². The van der Waals surface area contributed by atoms with Gasteiger partial charge in [0.15, 0.2) is 0 Å². The van der Waals surface area contributed by atoms with E-state index in [1.807, 2.05) is 12.1 Å². The van der Waals surface area contributed by atoms with Gasteiger partial charge in [-0.15, -0.1) is 0 Å². The third-order valence-corrected chi connectivity index (χ3v) is 5.24. The van der Waals surface area contributed by atoms with Crippen LogP contribution >= 0.6 is 0 Å². The molecule has 6 heteroatoms. The van der Waals surface area contributed by atoms with Crippen LogP contribution in [0.3, 0.4) is 0 Å². The predicted octanol–water partition coefficient (Wildman–Crippen LogP) is 2.98. The summed E-state index contributed by atoms with van der Waals surface area (Å²) >= 11 is 0. The van der Waals surface area contributed by atoms with Crippen LogP contribution in [0.1, 0.15) is 34.7 Å². The average molecular weight is 362 g/mol. The van der Waals surface area contributed by atoms with E-state index in [0.717, 1.165) is 31.6 Å². The van der Waals surface area contributed by atoms with Gasteiger partial charge in [-0.25, -0.2) is 4.98 Å². The fourth-order valence-electron chi connectivity index (χ4n) is 3.63. The van der Waals surface area contributed by atoms with Crippen LogP contribution in [-0.2, 0) is 0 Å². The molecule has 1 saturated heterocycles. The van der Waals surface area contributed by atoms with Crippen LogP contribution in [0.25, 0.3) is 10.9 Å². The van der Waals surface area contributed by atoms with Crippen LogP contribution in [-0.4, -0.2) is 40.9 Å². The number of benzene rings is 2. The molecule has 0 radical (unpaired) electrons. The van der Waals surface area contributed by atoms with Crippen LogP contribution in [0.15, 0.2) is 53.6 Å². The van der Waals surface area contributed by atoms with E-state index < -0.39 is 0 Å². The van der Waals surface area contributed by atoms with E-state index in [0.29, 0.717) is 22.4 Å². The number of aromatic nitrogens is 2. The lowest BCUT2D eigenvalue weighted by Crippen LogP contribution is -2.29. The van der Waals surface area contributed by atoms with Gasteiger partial charge in [0.25, 0.3) is 11.5 Å². The number of anilines is 1. The number of carbonyl (C=O) groups excluding carboxylic acids is 1. The Kier molecular flexibility index (Phi) is 4.73. The molecule has 1 aromatic heterocycles. The second-order valence-electron chi connectivity index (χ2n) is 7.12. The fourth-order valence-corrected chi connectivity index (χ4v) is 3.63. The zero-order chi connectivity index (χ0) is 18.8. The molecule has 1 aliphatic heterocycles. The number of carbonyl (C=O) groups is 1. The number of rotatable bonds is 3. The SMILES string of the molecule is CN1CCC(c2cccc(NC(=O)c3ccc4c(=O)[nH]cnc4c3)c2)CC1. The highest BCUT2D eigenvalue weighted by Gasteiger charge is 2.18. The molecule has 0 spiro atoms. The van der Waals surface area contributed by atoms with Crippen molar-refractivity contribution in [2.45, 2.75) is 18.8 Å². The highest BCUT2D eigenvalue weighted by molar-refractivity contribution is 6.06. The maximum Gasteiger partial charge on any atom is 0.258 e. The molecule has 2 aromatic carbocycles. The Hall–Kier alpha value is -2.99. The summed E-state index contributed by atoms with van der Waals surface area (Å²) in [6, 6.07) is 13.0. The van der Waals surface area contributed by atoms with E-state index in [-0.39, 0.29) is 11.5 Å². The molecule has 1 aliphatic rings. The van der Waals surface area contributed by atoms with Gasteiger partial charge in [0.1, 0.15) is 0 Å². The first-order valence-corrected chi connectivity index (χ1v) is 9.17. The van der Waals surface area contributed by atoms with E-state index in [9.17, 15) is 9.59 Å². The van der Waals surface area contributed by atoms with Gasteiger partial charge in [0, 0.05) is 11.3 Å². The molecule has 1 fully saturated rings. The average Bonchev–Trinajstić information content (AvgIpc) is 2.69. The van der Waals surface area contributed by atoms with E-state index in [4.69, 9.17) is 0 Å². The molecular weight excluding hydrogens is 340 g/mol. The largest absolute Gasteiger partial charge is 0.322 e. The van der Waals surface area contributed by atoms with E-state index in [1.165, 1.54) is 11.9 Å². The first-order valence-electron chi connectivity index (χ1n) is 9.17. The second kappa shape index (κ2) is 7.32. The van der Waals surface area contributed by atoms with Crippen LogP contribution in [0.4, 0.5) is 5.69 Å². The quantitative estimate of drug-likeness (QED) is 0.751. The maximum absolute atomic E-state index is 12.6. The minimum Gasteiger partial charge on any atom is -0.322 e. The molecule has 0 unspecified atom stereocenters. The van der Waals surface area contributed by atoms with Crippen LogP contribution in [0, 0.1) is 0 Å². The van der Waals surface area contributed by atoms with E-state index >= 15 is 0 Å². The summed E-state index contributed by atoms with van der Waals surface area (Å²) in [5.41, 5.74) is 2.83. The number of fused-ring (bicyclic) bond motifs is 1. The Morgan fingerprint density at radius 2 is 2.00 bits per heavy atom. The molecule has 0 saturated carbocycles. The number of piperidine rings is 1. The summed E-state index contributed by atoms with van der Waals surface area (Å²) in [6.45, 7) is 2.20. The number of nitrogens with one attached hydrogen (secondary N) is 2. The second-order valence-corrected chi connectivity index (χ2v) is 7.12. The molecule has 3 aromatic rings. The van der Waals surface area contributed by atoms with Crippen molar-refractivity contribution in [2.75, 3.05) is 25.5 Å². The monoisotopic (exact) mass is 362 g/mol. The summed E-state index contributed by atoms with van der Waals surface area (Å²) < 4.78 is 0. The standard InChI is InChI=1S/C21H22N4O2/c1-25-9-7-14(8-10-25)15-3-2-4-17(11-15)24-20(26)16-5-6-18-19(12-16)22-13-23-21(18)27/h2-6,11-14H,7-10H2,1H3,(H,24,26)(H,22,23,27). The Morgan fingerprint density at radius 3 is 2.81 bits per heavy atom. The third kappa shape index (κ3) is 3.75. The number of H-pyrrole nitrogens is 1. The van der Waals surface area contributed by atoms with Crippen molar-refractivity contribution < 1.29 is 4.79 Å². The molecule has 6 nitrogen and oxygen atoms in total. The number of amides is 1. The van der Waals surface area contributed by atoms with Crippen molar-refractivity contribution in [2.24, 2.45) is 0 Å². The maximum atomic E-state index is 12.6. The molecule has 0 aliphatic carbocycles. The zero-order valence-electron chi connectivity index (χ0n) is 15.2. The number of nitrogens with zero attached hydrogens (tertiary/aromatic N) is 2. The zero-order valence-corrected chi connectivity index (χ0v) is 15.2. The van der Waals surface area contributed by atoms with E-state index in [1.54, 1.807) is 18.2 Å². The van der Waals surface area contributed by atoms with Crippen molar-refractivity contribution in [1.29, 1.82) is 0 Å². The van der Waals surface area contributed by atoms with Crippen LogP contribution < -0.4 is 10.9 Å². The summed E-state index contributed by atoms with van der Waals surface area (Å²) in [4.78, 5) is 33.4.